The lowest BCUT2D eigenvalue weighted by atomic mass is 10.1. The minimum atomic E-state index is -3.92. The predicted molar refractivity (Wildman–Crippen MR) is 128 cm³/mol. The van der Waals surface area contributed by atoms with Gasteiger partial charge in [-0.2, -0.15) is 0 Å². The monoisotopic (exact) mass is 493 g/mol. The lowest BCUT2D eigenvalue weighted by molar-refractivity contribution is -0.0258. The highest BCUT2D eigenvalue weighted by Gasteiger charge is 2.24. The maximum Gasteiger partial charge on any atom is 0.264 e. The van der Waals surface area contributed by atoms with Crippen LogP contribution in [0.3, 0.4) is 0 Å². The fourth-order valence-corrected chi connectivity index (χ4v) is 5.12. The van der Waals surface area contributed by atoms with Crippen molar-refractivity contribution in [2.75, 3.05) is 19.5 Å². The van der Waals surface area contributed by atoms with Crippen LogP contribution in [-0.4, -0.2) is 37.9 Å². The molecule has 10 heteroatoms. The van der Waals surface area contributed by atoms with Gasteiger partial charge in [0.25, 0.3) is 15.9 Å². The van der Waals surface area contributed by atoms with Crippen molar-refractivity contribution in [1.82, 2.24) is 9.45 Å². The van der Waals surface area contributed by atoms with Crippen molar-refractivity contribution in [3.63, 3.8) is 0 Å². The van der Waals surface area contributed by atoms with Gasteiger partial charge in [0.05, 0.1) is 28.3 Å². The Bertz CT molecular complexity index is 1220. The Hall–Kier alpha value is -2.30. The van der Waals surface area contributed by atoms with Crippen molar-refractivity contribution in [3.05, 3.63) is 63.5 Å². The average molecular weight is 494 g/mol. The molecule has 1 amide bonds. The van der Waals surface area contributed by atoms with Crippen LogP contribution >= 0.6 is 22.9 Å². The summed E-state index contributed by atoms with van der Waals surface area (Å²) in [5, 5.41) is 3.26. The highest BCUT2D eigenvalue weighted by Crippen LogP contribution is 2.31. The van der Waals surface area contributed by atoms with Gasteiger partial charge in [0.2, 0.25) is 0 Å². The number of rotatable bonds is 8. The molecule has 2 aromatic carbocycles. The van der Waals surface area contributed by atoms with Gasteiger partial charge in [0.1, 0.15) is 0 Å². The number of carbonyl (C=O) groups excluding carboxylic acids is 1. The number of aromatic nitrogens is 1. The standard InChI is InChI=1S/C22H24ClN3O4S2/c1-5-6-15-7-9-16(10-8-15)20-14(2)31-22(24-20)25-21(27)18-13-17(11-12-19(18)23)32(28,29)26(3)30-4/h7-13H,5-6H2,1-4H3,(H,24,25,27). The molecule has 1 aromatic heterocycles. The van der Waals surface area contributed by atoms with E-state index in [1.165, 1.54) is 49.3 Å². The summed E-state index contributed by atoms with van der Waals surface area (Å²) in [6, 6.07) is 12.1. The van der Waals surface area contributed by atoms with Crippen LogP contribution in [0, 0.1) is 6.92 Å². The first-order valence-electron chi connectivity index (χ1n) is 9.88. The van der Waals surface area contributed by atoms with Crippen molar-refractivity contribution in [2.24, 2.45) is 0 Å². The van der Waals surface area contributed by atoms with Gasteiger partial charge in [0.15, 0.2) is 5.13 Å². The van der Waals surface area contributed by atoms with Crippen LogP contribution in [0.5, 0.6) is 0 Å². The van der Waals surface area contributed by atoms with E-state index in [0.29, 0.717) is 9.60 Å². The summed E-state index contributed by atoms with van der Waals surface area (Å²) in [7, 11) is -1.42. The third kappa shape index (κ3) is 5.19. The highest BCUT2D eigenvalue weighted by atomic mass is 35.5. The first-order valence-corrected chi connectivity index (χ1v) is 12.5. The van der Waals surface area contributed by atoms with Crippen LogP contribution in [0.15, 0.2) is 47.4 Å². The molecular weight excluding hydrogens is 470 g/mol. The predicted octanol–water partition coefficient (Wildman–Crippen LogP) is 5.16. The Balaban J connectivity index is 1.85. The molecule has 0 saturated heterocycles. The van der Waals surface area contributed by atoms with Crippen LogP contribution in [0.1, 0.15) is 34.1 Å². The number of carbonyl (C=O) groups is 1. The van der Waals surface area contributed by atoms with Gasteiger partial charge in [-0.3, -0.25) is 14.9 Å². The van der Waals surface area contributed by atoms with Gasteiger partial charge >= 0.3 is 0 Å². The van der Waals surface area contributed by atoms with E-state index in [1.54, 1.807) is 0 Å². The van der Waals surface area contributed by atoms with Crippen LogP contribution < -0.4 is 5.32 Å². The van der Waals surface area contributed by atoms with Gasteiger partial charge in [-0.25, -0.2) is 13.4 Å². The maximum absolute atomic E-state index is 12.9. The summed E-state index contributed by atoms with van der Waals surface area (Å²) < 4.78 is 25.7. The summed E-state index contributed by atoms with van der Waals surface area (Å²) >= 11 is 7.51. The molecule has 3 rings (SSSR count). The molecule has 32 heavy (non-hydrogen) atoms. The van der Waals surface area contributed by atoms with Crippen LogP contribution in [0.2, 0.25) is 5.02 Å². The fraction of sp³-hybridized carbons (Fsp3) is 0.273. The Morgan fingerprint density at radius 3 is 2.53 bits per heavy atom. The van der Waals surface area contributed by atoms with E-state index in [1.807, 2.05) is 19.1 Å². The topological polar surface area (TPSA) is 88.6 Å². The van der Waals surface area contributed by atoms with Gasteiger partial charge in [-0.1, -0.05) is 53.7 Å². The van der Waals surface area contributed by atoms with E-state index in [0.717, 1.165) is 29.0 Å². The molecule has 170 valence electrons. The number of nitrogens with one attached hydrogen (secondary N) is 1. The van der Waals surface area contributed by atoms with E-state index in [-0.39, 0.29) is 15.5 Å². The number of thiazole rings is 1. The minimum absolute atomic E-state index is 0.0237. The number of sulfonamides is 1. The summed E-state index contributed by atoms with van der Waals surface area (Å²) in [5.41, 5.74) is 3.04. The number of halogens is 1. The number of aryl methyl sites for hydroxylation is 2. The second-order valence-electron chi connectivity index (χ2n) is 7.06. The van der Waals surface area contributed by atoms with Crippen molar-refractivity contribution in [2.45, 2.75) is 31.6 Å². The van der Waals surface area contributed by atoms with Crippen molar-refractivity contribution in [3.8, 4) is 11.3 Å². The molecule has 0 unspecified atom stereocenters. The summed E-state index contributed by atoms with van der Waals surface area (Å²) in [6.07, 6.45) is 2.10. The Labute approximate surface area is 197 Å². The summed E-state index contributed by atoms with van der Waals surface area (Å²) in [6.45, 7) is 4.07. The molecule has 0 radical (unpaired) electrons. The van der Waals surface area contributed by atoms with E-state index < -0.39 is 15.9 Å². The first kappa shape index (κ1) is 24.3. The Kier molecular flexibility index (Phi) is 7.68. The van der Waals surface area contributed by atoms with Crippen molar-refractivity contribution >= 4 is 44.0 Å². The quantitative estimate of drug-likeness (QED) is 0.438. The molecule has 0 aliphatic heterocycles. The van der Waals surface area contributed by atoms with Crippen molar-refractivity contribution in [1.29, 1.82) is 0 Å². The van der Waals surface area contributed by atoms with Gasteiger partial charge < -0.3 is 0 Å². The van der Waals surface area contributed by atoms with Crippen LogP contribution in [0.4, 0.5) is 5.13 Å². The molecule has 0 spiro atoms. The Morgan fingerprint density at radius 1 is 1.22 bits per heavy atom. The van der Waals surface area contributed by atoms with Gasteiger partial charge in [-0.05, 0) is 37.1 Å². The van der Waals surface area contributed by atoms with Crippen LogP contribution in [0.25, 0.3) is 11.3 Å². The molecule has 3 aromatic rings. The minimum Gasteiger partial charge on any atom is -0.298 e. The van der Waals surface area contributed by atoms with Crippen molar-refractivity contribution < 1.29 is 18.0 Å². The highest BCUT2D eigenvalue weighted by molar-refractivity contribution is 7.89. The second kappa shape index (κ2) is 10.1. The molecular formula is C22H24ClN3O4S2. The zero-order valence-corrected chi connectivity index (χ0v) is 20.6. The molecule has 0 aliphatic carbocycles. The van der Waals surface area contributed by atoms with E-state index in [4.69, 9.17) is 16.4 Å². The smallest absolute Gasteiger partial charge is 0.264 e. The average Bonchev–Trinajstić information content (AvgIpc) is 3.13. The van der Waals surface area contributed by atoms with E-state index in [2.05, 4.69) is 29.4 Å². The number of benzene rings is 2. The number of hydrogen-bond acceptors (Lipinski definition) is 6. The number of nitrogens with zero attached hydrogens (tertiary/aromatic N) is 2. The zero-order chi connectivity index (χ0) is 23.5. The van der Waals surface area contributed by atoms with E-state index in [9.17, 15) is 13.2 Å². The Morgan fingerprint density at radius 2 is 1.91 bits per heavy atom. The number of anilines is 1. The lowest BCUT2D eigenvalue weighted by Gasteiger charge is -2.15. The first-order chi connectivity index (χ1) is 15.2. The lowest BCUT2D eigenvalue weighted by Crippen LogP contribution is -2.26. The zero-order valence-electron chi connectivity index (χ0n) is 18.2. The van der Waals surface area contributed by atoms with Gasteiger partial charge in [0, 0.05) is 17.5 Å². The summed E-state index contributed by atoms with van der Waals surface area (Å²) in [5.74, 6) is -0.550. The third-order valence-corrected chi connectivity index (χ3v) is 7.75. The SMILES string of the molecule is CCCc1ccc(-c2nc(NC(=O)c3cc(S(=O)(=O)N(C)OC)ccc3Cl)sc2C)cc1. The molecule has 1 heterocycles. The molecule has 0 bridgehead atoms. The number of hydrogen-bond donors (Lipinski definition) is 1. The summed E-state index contributed by atoms with van der Waals surface area (Å²) in [4.78, 5) is 23.0. The third-order valence-electron chi connectivity index (χ3n) is 4.86. The molecule has 0 aliphatic rings. The molecule has 0 atom stereocenters. The number of hydroxylamine groups is 1. The largest absolute Gasteiger partial charge is 0.298 e. The van der Waals surface area contributed by atoms with E-state index >= 15 is 0 Å². The molecule has 1 N–H and O–H groups in total. The normalized spacial score (nSPS) is 11.7. The molecule has 0 saturated carbocycles. The number of amides is 1. The molecule has 0 fully saturated rings. The van der Waals surface area contributed by atoms with Crippen LogP contribution in [-0.2, 0) is 21.3 Å². The second-order valence-corrected chi connectivity index (χ2v) is 10.6. The van der Waals surface area contributed by atoms with Gasteiger partial charge in [-0.15, -0.1) is 11.3 Å². The fourth-order valence-electron chi connectivity index (χ4n) is 3.09. The maximum atomic E-state index is 12.9. The molecule has 7 nitrogen and oxygen atoms in total.